The number of likely N-dealkylation sites (tertiary alicyclic amines) is 1. The Bertz CT molecular complexity index is 542. The second-order valence-electron chi connectivity index (χ2n) is 5.97. The minimum Gasteiger partial charge on any atom is -0.450 e. The Morgan fingerprint density at radius 3 is 2.75 bits per heavy atom. The SMILES string of the molecule is CCOC(=O)N1CCC(Nc2cc(N3CCOCC3)ncn2)CC1. The summed E-state index contributed by atoms with van der Waals surface area (Å²) in [6.45, 7) is 6.84. The van der Waals surface area contributed by atoms with Crippen LogP contribution in [0.25, 0.3) is 0 Å². The number of hydrogen-bond donors (Lipinski definition) is 1. The maximum atomic E-state index is 11.7. The van der Waals surface area contributed by atoms with Gasteiger partial charge in [-0.2, -0.15) is 0 Å². The molecule has 3 heterocycles. The van der Waals surface area contributed by atoms with Crippen molar-refractivity contribution < 1.29 is 14.3 Å². The van der Waals surface area contributed by atoms with Crippen LogP contribution in [-0.4, -0.2) is 73.0 Å². The Hall–Kier alpha value is -2.09. The highest BCUT2D eigenvalue weighted by molar-refractivity contribution is 5.67. The fourth-order valence-corrected chi connectivity index (χ4v) is 3.02. The van der Waals surface area contributed by atoms with E-state index in [4.69, 9.17) is 9.47 Å². The predicted molar refractivity (Wildman–Crippen MR) is 90.3 cm³/mol. The first-order valence-corrected chi connectivity index (χ1v) is 8.59. The van der Waals surface area contributed by atoms with Crippen LogP contribution < -0.4 is 10.2 Å². The van der Waals surface area contributed by atoms with Crippen molar-refractivity contribution in [3.05, 3.63) is 12.4 Å². The predicted octanol–water partition coefficient (Wildman–Crippen LogP) is 1.35. The maximum absolute atomic E-state index is 11.7. The average Bonchev–Trinajstić information content (AvgIpc) is 2.63. The fraction of sp³-hybridized carbons (Fsp3) is 0.688. The molecular formula is C16H25N5O3. The first-order valence-electron chi connectivity index (χ1n) is 8.59. The summed E-state index contributed by atoms with van der Waals surface area (Å²) in [6, 6.07) is 2.30. The lowest BCUT2D eigenvalue weighted by Gasteiger charge is -2.32. The molecule has 1 amide bonds. The van der Waals surface area contributed by atoms with Crippen LogP contribution in [0.1, 0.15) is 19.8 Å². The van der Waals surface area contributed by atoms with Crippen LogP contribution in [0.5, 0.6) is 0 Å². The molecule has 0 unspecified atom stereocenters. The van der Waals surface area contributed by atoms with Crippen molar-refractivity contribution in [2.75, 3.05) is 56.2 Å². The first-order chi connectivity index (χ1) is 11.8. The minimum absolute atomic E-state index is 0.215. The van der Waals surface area contributed by atoms with Gasteiger partial charge in [-0.05, 0) is 19.8 Å². The van der Waals surface area contributed by atoms with Crippen LogP contribution in [-0.2, 0) is 9.47 Å². The Morgan fingerprint density at radius 1 is 1.29 bits per heavy atom. The van der Waals surface area contributed by atoms with Crippen LogP contribution in [0, 0.1) is 0 Å². The van der Waals surface area contributed by atoms with E-state index in [1.807, 2.05) is 13.0 Å². The van der Waals surface area contributed by atoms with Crippen molar-refractivity contribution >= 4 is 17.7 Å². The number of piperidine rings is 1. The van der Waals surface area contributed by atoms with E-state index in [2.05, 4.69) is 20.2 Å². The van der Waals surface area contributed by atoms with Gasteiger partial charge in [0, 0.05) is 38.3 Å². The van der Waals surface area contributed by atoms with Crippen LogP contribution in [0.15, 0.2) is 12.4 Å². The van der Waals surface area contributed by atoms with Crippen LogP contribution in [0.2, 0.25) is 0 Å². The van der Waals surface area contributed by atoms with Crippen LogP contribution in [0.3, 0.4) is 0 Å². The molecule has 0 aliphatic carbocycles. The molecule has 24 heavy (non-hydrogen) atoms. The number of amides is 1. The van der Waals surface area contributed by atoms with Gasteiger partial charge in [0.1, 0.15) is 18.0 Å². The average molecular weight is 335 g/mol. The number of anilines is 2. The van der Waals surface area contributed by atoms with E-state index >= 15 is 0 Å². The maximum Gasteiger partial charge on any atom is 0.409 e. The molecule has 0 radical (unpaired) electrons. The van der Waals surface area contributed by atoms with Gasteiger partial charge in [-0.1, -0.05) is 0 Å². The summed E-state index contributed by atoms with van der Waals surface area (Å²) in [6.07, 6.45) is 3.15. The van der Waals surface area contributed by atoms with E-state index in [0.29, 0.717) is 25.7 Å². The Morgan fingerprint density at radius 2 is 2.04 bits per heavy atom. The highest BCUT2D eigenvalue weighted by Crippen LogP contribution is 2.19. The van der Waals surface area contributed by atoms with E-state index in [0.717, 1.165) is 50.8 Å². The molecule has 0 spiro atoms. The highest BCUT2D eigenvalue weighted by Gasteiger charge is 2.24. The second-order valence-corrected chi connectivity index (χ2v) is 5.97. The second kappa shape index (κ2) is 8.14. The monoisotopic (exact) mass is 335 g/mol. The number of rotatable bonds is 4. The van der Waals surface area contributed by atoms with Gasteiger partial charge < -0.3 is 24.6 Å². The van der Waals surface area contributed by atoms with E-state index in [-0.39, 0.29) is 6.09 Å². The smallest absolute Gasteiger partial charge is 0.409 e. The lowest BCUT2D eigenvalue weighted by atomic mass is 10.1. The van der Waals surface area contributed by atoms with Crippen LogP contribution in [0.4, 0.5) is 16.4 Å². The van der Waals surface area contributed by atoms with Crippen molar-refractivity contribution in [1.82, 2.24) is 14.9 Å². The molecule has 0 saturated carbocycles. The van der Waals surface area contributed by atoms with Gasteiger partial charge in [0.15, 0.2) is 0 Å². The standard InChI is InChI=1S/C16H25N5O3/c1-2-24-16(22)21-5-3-13(4-6-21)19-14-11-15(18-12-17-14)20-7-9-23-10-8-20/h11-13H,2-10H2,1H3,(H,17,18,19). The molecule has 8 nitrogen and oxygen atoms in total. The lowest BCUT2D eigenvalue weighted by Crippen LogP contribution is -2.42. The quantitative estimate of drug-likeness (QED) is 0.889. The Labute approximate surface area is 142 Å². The molecule has 1 aromatic rings. The third-order valence-electron chi connectivity index (χ3n) is 4.36. The van der Waals surface area contributed by atoms with Crippen molar-refractivity contribution in [2.24, 2.45) is 0 Å². The van der Waals surface area contributed by atoms with Gasteiger partial charge in [0.25, 0.3) is 0 Å². The zero-order valence-electron chi connectivity index (χ0n) is 14.1. The number of carbonyl (C=O) groups excluding carboxylic acids is 1. The van der Waals surface area contributed by atoms with Gasteiger partial charge in [0.2, 0.25) is 0 Å². The Balaban J connectivity index is 1.52. The molecule has 2 saturated heterocycles. The summed E-state index contributed by atoms with van der Waals surface area (Å²) in [5, 5.41) is 3.46. The van der Waals surface area contributed by atoms with Gasteiger partial charge in [-0.25, -0.2) is 14.8 Å². The molecule has 8 heteroatoms. The van der Waals surface area contributed by atoms with Gasteiger partial charge in [0.05, 0.1) is 19.8 Å². The Kier molecular flexibility index (Phi) is 5.68. The minimum atomic E-state index is -0.215. The zero-order valence-corrected chi connectivity index (χ0v) is 14.1. The van der Waals surface area contributed by atoms with E-state index in [9.17, 15) is 4.79 Å². The van der Waals surface area contributed by atoms with Gasteiger partial charge in [-0.15, -0.1) is 0 Å². The van der Waals surface area contributed by atoms with Crippen molar-refractivity contribution in [1.29, 1.82) is 0 Å². The number of carbonyl (C=O) groups is 1. The molecule has 0 bridgehead atoms. The third kappa shape index (κ3) is 4.25. The molecule has 1 aromatic heterocycles. The van der Waals surface area contributed by atoms with Gasteiger partial charge >= 0.3 is 6.09 Å². The van der Waals surface area contributed by atoms with Crippen molar-refractivity contribution in [3.8, 4) is 0 Å². The van der Waals surface area contributed by atoms with Crippen molar-refractivity contribution in [2.45, 2.75) is 25.8 Å². The number of morpholine rings is 1. The molecule has 1 N–H and O–H groups in total. The van der Waals surface area contributed by atoms with E-state index in [1.165, 1.54) is 0 Å². The molecule has 132 valence electrons. The normalized spacial score (nSPS) is 19.2. The summed E-state index contributed by atoms with van der Waals surface area (Å²) < 4.78 is 10.4. The number of hydrogen-bond acceptors (Lipinski definition) is 7. The topological polar surface area (TPSA) is 79.8 Å². The highest BCUT2D eigenvalue weighted by atomic mass is 16.6. The lowest BCUT2D eigenvalue weighted by molar-refractivity contribution is 0.0983. The largest absolute Gasteiger partial charge is 0.450 e. The van der Waals surface area contributed by atoms with Crippen LogP contribution >= 0.6 is 0 Å². The third-order valence-corrected chi connectivity index (χ3v) is 4.36. The molecule has 3 rings (SSSR count). The molecule has 2 aliphatic heterocycles. The number of aromatic nitrogens is 2. The zero-order chi connectivity index (χ0) is 16.8. The van der Waals surface area contributed by atoms with Crippen molar-refractivity contribution in [3.63, 3.8) is 0 Å². The summed E-state index contributed by atoms with van der Waals surface area (Å²) in [5.41, 5.74) is 0. The molecule has 0 aromatic carbocycles. The molecule has 0 atom stereocenters. The summed E-state index contributed by atoms with van der Waals surface area (Å²) in [5.74, 6) is 1.76. The van der Waals surface area contributed by atoms with E-state index in [1.54, 1.807) is 11.2 Å². The number of nitrogens with one attached hydrogen (secondary N) is 1. The summed E-state index contributed by atoms with van der Waals surface area (Å²) >= 11 is 0. The van der Waals surface area contributed by atoms with Gasteiger partial charge in [-0.3, -0.25) is 0 Å². The summed E-state index contributed by atoms with van der Waals surface area (Å²) in [4.78, 5) is 24.4. The molecule has 2 aliphatic rings. The molecule has 2 fully saturated rings. The molecular weight excluding hydrogens is 310 g/mol. The first kappa shape index (κ1) is 16.8. The summed E-state index contributed by atoms with van der Waals surface area (Å²) in [7, 11) is 0. The number of ether oxygens (including phenoxy) is 2. The fourth-order valence-electron chi connectivity index (χ4n) is 3.02. The van der Waals surface area contributed by atoms with E-state index < -0.39 is 0 Å². The number of nitrogens with zero attached hydrogens (tertiary/aromatic N) is 4.